The molecule has 1 saturated heterocycles. The van der Waals surface area contributed by atoms with E-state index in [0.29, 0.717) is 25.4 Å². The van der Waals surface area contributed by atoms with Crippen molar-refractivity contribution in [2.75, 3.05) is 25.1 Å². The summed E-state index contributed by atoms with van der Waals surface area (Å²) in [5, 5.41) is 2.57. The molecule has 1 atom stereocenters. The molecule has 8 heteroatoms. The third-order valence-corrected chi connectivity index (χ3v) is 6.14. The molecule has 0 saturated carbocycles. The number of anilines is 1. The van der Waals surface area contributed by atoms with E-state index in [1.165, 1.54) is 46.8 Å². The average Bonchev–Trinajstić information content (AvgIpc) is 2.62. The molecule has 1 aliphatic heterocycles. The zero-order chi connectivity index (χ0) is 18.7. The minimum Gasteiger partial charge on any atom is -0.378 e. The van der Waals surface area contributed by atoms with Gasteiger partial charge in [0.15, 0.2) is 0 Å². The number of amides is 1. The SMILES string of the molecule is CC1COCCN1S(=O)(=O)c1ccc(C(=O)Nc2cccc(F)c2)cc1. The first kappa shape index (κ1) is 18.5. The van der Waals surface area contributed by atoms with Gasteiger partial charge in [-0.2, -0.15) is 4.31 Å². The van der Waals surface area contributed by atoms with Crippen LogP contribution in [-0.4, -0.2) is 44.4 Å². The van der Waals surface area contributed by atoms with Crippen molar-refractivity contribution in [3.8, 4) is 0 Å². The van der Waals surface area contributed by atoms with Crippen LogP contribution >= 0.6 is 0 Å². The number of hydrogen-bond donors (Lipinski definition) is 1. The average molecular weight is 378 g/mol. The third kappa shape index (κ3) is 3.92. The maximum absolute atomic E-state index is 13.2. The molecule has 2 aromatic rings. The monoisotopic (exact) mass is 378 g/mol. The number of carbonyl (C=O) groups is 1. The zero-order valence-corrected chi connectivity index (χ0v) is 15.0. The van der Waals surface area contributed by atoms with Gasteiger partial charge in [-0.25, -0.2) is 12.8 Å². The summed E-state index contributed by atoms with van der Waals surface area (Å²) in [5.74, 6) is -0.900. The van der Waals surface area contributed by atoms with E-state index in [-0.39, 0.29) is 16.5 Å². The molecule has 3 rings (SSSR count). The first-order valence-corrected chi connectivity index (χ1v) is 9.58. The third-order valence-electron chi connectivity index (χ3n) is 4.11. The second-order valence-electron chi connectivity index (χ2n) is 6.03. The molecule has 26 heavy (non-hydrogen) atoms. The fraction of sp³-hybridized carbons (Fsp3) is 0.278. The largest absolute Gasteiger partial charge is 0.378 e. The Balaban J connectivity index is 1.76. The summed E-state index contributed by atoms with van der Waals surface area (Å²) in [6, 6.07) is 11.0. The van der Waals surface area contributed by atoms with Gasteiger partial charge in [-0.15, -0.1) is 0 Å². The van der Waals surface area contributed by atoms with Gasteiger partial charge >= 0.3 is 0 Å². The molecule has 1 unspecified atom stereocenters. The quantitative estimate of drug-likeness (QED) is 0.887. The summed E-state index contributed by atoms with van der Waals surface area (Å²) >= 11 is 0. The Kier molecular flexibility index (Phi) is 5.36. The molecule has 0 bridgehead atoms. The Bertz CT molecular complexity index is 900. The van der Waals surface area contributed by atoms with Gasteiger partial charge in [-0.1, -0.05) is 6.07 Å². The number of carbonyl (C=O) groups excluding carboxylic acids is 1. The van der Waals surface area contributed by atoms with Crippen LogP contribution in [0.4, 0.5) is 10.1 Å². The normalized spacial score (nSPS) is 18.5. The fourth-order valence-corrected chi connectivity index (χ4v) is 4.35. The number of sulfonamides is 1. The van der Waals surface area contributed by atoms with Crippen molar-refractivity contribution in [1.82, 2.24) is 4.31 Å². The number of nitrogens with one attached hydrogen (secondary N) is 1. The van der Waals surface area contributed by atoms with Crippen molar-refractivity contribution in [2.45, 2.75) is 17.9 Å². The highest BCUT2D eigenvalue weighted by atomic mass is 32.2. The minimum atomic E-state index is -3.65. The van der Waals surface area contributed by atoms with Crippen LogP contribution in [0.5, 0.6) is 0 Å². The summed E-state index contributed by atoms with van der Waals surface area (Å²) in [6.07, 6.45) is 0. The van der Waals surface area contributed by atoms with Crippen molar-refractivity contribution >= 4 is 21.6 Å². The first-order valence-electron chi connectivity index (χ1n) is 8.14. The van der Waals surface area contributed by atoms with Crippen LogP contribution in [0.15, 0.2) is 53.4 Å². The number of ether oxygens (including phenoxy) is 1. The van der Waals surface area contributed by atoms with Crippen molar-refractivity contribution < 1.29 is 22.3 Å². The Labute approximate surface area is 151 Å². The Morgan fingerprint density at radius 2 is 1.96 bits per heavy atom. The van der Waals surface area contributed by atoms with E-state index in [1.807, 2.05) is 0 Å². The van der Waals surface area contributed by atoms with Gasteiger partial charge in [0, 0.05) is 23.8 Å². The lowest BCUT2D eigenvalue weighted by Gasteiger charge is -2.32. The molecule has 0 radical (unpaired) electrons. The fourth-order valence-electron chi connectivity index (χ4n) is 2.75. The summed E-state index contributed by atoms with van der Waals surface area (Å²) in [6.45, 7) is 2.80. The zero-order valence-electron chi connectivity index (χ0n) is 14.2. The molecular weight excluding hydrogens is 359 g/mol. The lowest BCUT2D eigenvalue weighted by atomic mass is 10.2. The molecule has 1 amide bonds. The van der Waals surface area contributed by atoms with E-state index in [9.17, 15) is 17.6 Å². The second kappa shape index (κ2) is 7.53. The molecule has 0 spiro atoms. The smallest absolute Gasteiger partial charge is 0.255 e. The van der Waals surface area contributed by atoms with E-state index in [2.05, 4.69) is 5.32 Å². The van der Waals surface area contributed by atoms with Gasteiger partial charge in [0.25, 0.3) is 5.91 Å². The highest BCUT2D eigenvalue weighted by Crippen LogP contribution is 2.21. The molecule has 1 heterocycles. The van der Waals surface area contributed by atoms with Gasteiger partial charge in [-0.3, -0.25) is 4.79 Å². The molecule has 1 N–H and O–H groups in total. The van der Waals surface area contributed by atoms with Gasteiger partial charge in [0.1, 0.15) is 5.82 Å². The Hall–Kier alpha value is -2.29. The lowest BCUT2D eigenvalue weighted by Crippen LogP contribution is -2.46. The van der Waals surface area contributed by atoms with Gasteiger partial charge in [0.05, 0.1) is 18.1 Å². The van der Waals surface area contributed by atoms with Crippen molar-refractivity contribution in [3.05, 3.63) is 59.9 Å². The van der Waals surface area contributed by atoms with Gasteiger partial charge in [0.2, 0.25) is 10.0 Å². The molecule has 1 fully saturated rings. The summed E-state index contributed by atoms with van der Waals surface area (Å²) in [4.78, 5) is 12.3. The predicted octanol–water partition coefficient (Wildman–Crippen LogP) is 2.49. The van der Waals surface area contributed by atoms with Crippen molar-refractivity contribution in [3.63, 3.8) is 0 Å². The molecule has 6 nitrogen and oxygen atoms in total. The number of halogens is 1. The first-order chi connectivity index (χ1) is 12.4. The van der Waals surface area contributed by atoms with E-state index in [0.717, 1.165) is 0 Å². The molecule has 2 aromatic carbocycles. The second-order valence-corrected chi connectivity index (χ2v) is 7.92. The lowest BCUT2D eigenvalue weighted by molar-refractivity contribution is 0.0393. The number of benzene rings is 2. The number of morpholine rings is 1. The summed E-state index contributed by atoms with van der Waals surface area (Å²) in [5.41, 5.74) is 0.608. The Morgan fingerprint density at radius 1 is 1.23 bits per heavy atom. The highest BCUT2D eigenvalue weighted by Gasteiger charge is 2.31. The van der Waals surface area contributed by atoms with E-state index in [1.54, 1.807) is 13.0 Å². The van der Waals surface area contributed by atoms with Crippen LogP contribution in [0.2, 0.25) is 0 Å². The topological polar surface area (TPSA) is 75.7 Å². The molecular formula is C18H19FN2O4S. The molecule has 1 aliphatic rings. The Morgan fingerprint density at radius 3 is 2.62 bits per heavy atom. The van der Waals surface area contributed by atoms with Crippen molar-refractivity contribution in [1.29, 1.82) is 0 Å². The van der Waals surface area contributed by atoms with Crippen LogP contribution in [0.25, 0.3) is 0 Å². The van der Waals surface area contributed by atoms with Crippen LogP contribution in [0, 0.1) is 5.82 Å². The standard InChI is InChI=1S/C18H19FN2O4S/c1-13-12-25-10-9-21(13)26(23,24)17-7-5-14(6-8-17)18(22)20-16-4-2-3-15(19)11-16/h2-8,11,13H,9-10,12H2,1H3,(H,20,22). The van der Waals surface area contributed by atoms with Crippen LogP contribution in [0.3, 0.4) is 0 Å². The summed E-state index contributed by atoms with van der Waals surface area (Å²) < 4.78 is 45.3. The van der Waals surface area contributed by atoms with Gasteiger partial charge < -0.3 is 10.1 Å². The number of rotatable bonds is 4. The molecule has 0 aromatic heterocycles. The summed E-state index contributed by atoms with van der Waals surface area (Å²) in [7, 11) is -3.65. The van der Waals surface area contributed by atoms with E-state index >= 15 is 0 Å². The molecule has 138 valence electrons. The predicted molar refractivity (Wildman–Crippen MR) is 95.0 cm³/mol. The van der Waals surface area contributed by atoms with Crippen LogP contribution in [0.1, 0.15) is 17.3 Å². The van der Waals surface area contributed by atoms with Crippen molar-refractivity contribution in [2.24, 2.45) is 0 Å². The minimum absolute atomic E-state index is 0.119. The maximum atomic E-state index is 13.2. The van der Waals surface area contributed by atoms with E-state index < -0.39 is 21.7 Å². The maximum Gasteiger partial charge on any atom is 0.255 e. The van der Waals surface area contributed by atoms with E-state index in [4.69, 9.17) is 4.74 Å². The van der Waals surface area contributed by atoms with Crippen LogP contribution in [-0.2, 0) is 14.8 Å². The van der Waals surface area contributed by atoms with Crippen LogP contribution < -0.4 is 5.32 Å². The number of hydrogen-bond acceptors (Lipinski definition) is 4. The highest BCUT2D eigenvalue weighted by molar-refractivity contribution is 7.89. The van der Waals surface area contributed by atoms with Gasteiger partial charge in [-0.05, 0) is 49.4 Å². The number of nitrogens with zero attached hydrogens (tertiary/aromatic N) is 1. The molecule has 0 aliphatic carbocycles.